The minimum absolute atomic E-state index is 0.0211. The number of benzene rings is 1. The Labute approximate surface area is 131 Å². The van der Waals surface area contributed by atoms with Crippen molar-refractivity contribution in [3.63, 3.8) is 0 Å². The number of carbonyl (C=O) groups is 2. The molecule has 0 fully saturated rings. The van der Waals surface area contributed by atoms with Crippen LogP contribution < -0.4 is 10.6 Å². The van der Waals surface area contributed by atoms with Gasteiger partial charge in [0.2, 0.25) is 0 Å². The summed E-state index contributed by atoms with van der Waals surface area (Å²) in [5.41, 5.74) is 1.43. The molecule has 1 aromatic rings. The van der Waals surface area contributed by atoms with Crippen LogP contribution in [0.5, 0.6) is 0 Å². The maximum absolute atomic E-state index is 11.8. The van der Waals surface area contributed by atoms with E-state index < -0.39 is 11.8 Å². The summed E-state index contributed by atoms with van der Waals surface area (Å²) in [5, 5.41) is 5.80. The van der Waals surface area contributed by atoms with E-state index in [2.05, 4.69) is 24.5 Å². The molecule has 2 amide bonds. The predicted molar refractivity (Wildman–Crippen MR) is 86.5 cm³/mol. The molecule has 0 radical (unpaired) electrons. The first kappa shape index (κ1) is 17.5. The van der Waals surface area contributed by atoms with Gasteiger partial charge in [0.05, 0.1) is 0 Å². The monoisotopic (exact) mass is 310 g/mol. The SMILES string of the molecule is Cc1ccc(NC(=O)C(=O)NC(C)CCC(C)C)cc1Cl. The minimum Gasteiger partial charge on any atom is -0.345 e. The van der Waals surface area contributed by atoms with Gasteiger partial charge < -0.3 is 10.6 Å². The van der Waals surface area contributed by atoms with Crippen LogP contribution >= 0.6 is 11.6 Å². The molecule has 0 heterocycles. The number of aryl methyl sites for hydroxylation is 1. The molecular formula is C16H23ClN2O2. The van der Waals surface area contributed by atoms with Crippen molar-refractivity contribution in [2.75, 3.05) is 5.32 Å². The Hall–Kier alpha value is -1.55. The Bertz CT molecular complexity index is 515. The van der Waals surface area contributed by atoms with Crippen molar-refractivity contribution >= 4 is 29.1 Å². The average Bonchev–Trinajstić information content (AvgIpc) is 2.40. The van der Waals surface area contributed by atoms with E-state index in [1.165, 1.54) is 0 Å². The van der Waals surface area contributed by atoms with Crippen LogP contribution in [-0.4, -0.2) is 17.9 Å². The van der Waals surface area contributed by atoms with Crippen LogP contribution in [0.2, 0.25) is 5.02 Å². The molecule has 2 N–H and O–H groups in total. The first-order valence-corrected chi connectivity index (χ1v) is 7.55. The fourth-order valence-electron chi connectivity index (χ4n) is 1.80. The summed E-state index contributed by atoms with van der Waals surface area (Å²) in [4.78, 5) is 23.6. The lowest BCUT2D eigenvalue weighted by Gasteiger charge is -2.15. The fraction of sp³-hybridized carbons (Fsp3) is 0.500. The van der Waals surface area contributed by atoms with Crippen LogP contribution in [-0.2, 0) is 9.59 Å². The normalized spacial score (nSPS) is 12.1. The van der Waals surface area contributed by atoms with Gasteiger partial charge in [0.1, 0.15) is 0 Å². The van der Waals surface area contributed by atoms with E-state index in [-0.39, 0.29) is 6.04 Å². The first-order chi connectivity index (χ1) is 9.79. The van der Waals surface area contributed by atoms with Crippen LogP contribution in [0.15, 0.2) is 18.2 Å². The number of amides is 2. The van der Waals surface area contributed by atoms with E-state index in [4.69, 9.17) is 11.6 Å². The molecule has 0 aliphatic rings. The highest BCUT2D eigenvalue weighted by Gasteiger charge is 2.16. The molecule has 0 aromatic heterocycles. The molecule has 1 rings (SSSR count). The summed E-state index contributed by atoms with van der Waals surface area (Å²) in [7, 11) is 0. The van der Waals surface area contributed by atoms with Crippen molar-refractivity contribution in [3.05, 3.63) is 28.8 Å². The molecule has 0 spiro atoms. The number of anilines is 1. The third-order valence-corrected chi connectivity index (χ3v) is 3.60. The van der Waals surface area contributed by atoms with Gasteiger partial charge in [0, 0.05) is 16.8 Å². The summed E-state index contributed by atoms with van der Waals surface area (Å²) in [5.74, 6) is -0.720. The van der Waals surface area contributed by atoms with E-state index in [1.54, 1.807) is 18.2 Å². The van der Waals surface area contributed by atoms with Gasteiger partial charge in [-0.05, 0) is 50.3 Å². The number of carbonyl (C=O) groups excluding carboxylic acids is 2. The van der Waals surface area contributed by atoms with E-state index >= 15 is 0 Å². The van der Waals surface area contributed by atoms with Crippen molar-refractivity contribution in [3.8, 4) is 0 Å². The van der Waals surface area contributed by atoms with Gasteiger partial charge in [-0.15, -0.1) is 0 Å². The molecule has 0 aliphatic carbocycles. The number of hydrogen-bond donors (Lipinski definition) is 2. The van der Waals surface area contributed by atoms with Crippen molar-refractivity contribution in [1.29, 1.82) is 0 Å². The Morgan fingerprint density at radius 3 is 2.38 bits per heavy atom. The molecule has 1 atom stereocenters. The average molecular weight is 311 g/mol. The third kappa shape index (κ3) is 6.17. The molecular weight excluding hydrogens is 288 g/mol. The quantitative estimate of drug-likeness (QED) is 0.817. The standard InChI is InChI=1S/C16H23ClN2O2/c1-10(2)5-7-12(4)18-15(20)16(21)19-13-8-6-11(3)14(17)9-13/h6,8-10,12H,5,7H2,1-4H3,(H,18,20)(H,19,21). The zero-order valence-corrected chi connectivity index (χ0v) is 13.8. The van der Waals surface area contributed by atoms with Gasteiger partial charge >= 0.3 is 11.8 Å². The van der Waals surface area contributed by atoms with Crippen molar-refractivity contribution < 1.29 is 9.59 Å². The van der Waals surface area contributed by atoms with Crippen molar-refractivity contribution in [2.24, 2.45) is 5.92 Å². The number of rotatable bonds is 5. The molecule has 1 unspecified atom stereocenters. The molecule has 116 valence electrons. The van der Waals surface area contributed by atoms with E-state index in [1.807, 2.05) is 13.8 Å². The Morgan fingerprint density at radius 1 is 1.14 bits per heavy atom. The van der Waals surface area contributed by atoms with E-state index in [0.717, 1.165) is 18.4 Å². The summed E-state index contributed by atoms with van der Waals surface area (Å²) in [6.07, 6.45) is 1.86. The highest BCUT2D eigenvalue weighted by Crippen LogP contribution is 2.19. The van der Waals surface area contributed by atoms with Gasteiger partial charge in [-0.3, -0.25) is 9.59 Å². The van der Waals surface area contributed by atoms with Gasteiger partial charge in [0.15, 0.2) is 0 Å². The largest absolute Gasteiger partial charge is 0.345 e. The van der Waals surface area contributed by atoms with Gasteiger partial charge in [0.25, 0.3) is 0 Å². The number of hydrogen-bond acceptors (Lipinski definition) is 2. The van der Waals surface area contributed by atoms with Crippen LogP contribution in [0.1, 0.15) is 39.2 Å². The first-order valence-electron chi connectivity index (χ1n) is 7.17. The highest BCUT2D eigenvalue weighted by molar-refractivity contribution is 6.40. The number of nitrogens with one attached hydrogen (secondary N) is 2. The van der Waals surface area contributed by atoms with Crippen LogP contribution in [0.3, 0.4) is 0 Å². The smallest absolute Gasteiger partial charge is 0.313 e. The molecule has 4 nitrogen and oxygen atoms in total. The fourth-order valence-corrected chi connectivity index (χ4v) is 1.98. The van der Waals surface area contributed by atoms with Crippen LogP contribution in [0.4, 0.5) is 5.69 Å². The third-order valence-electron chi connectivity index (χ3n) is 3.19. The highest BCUT2D eigenvalue weighted by atomic mass is 35.5. The molecule has 5 heteroatoms. The van der Waals surface area contributed by atoms with Gasteiger partial charge in [-0.25, -0.2) is 0 Å². The second kappa shape index (κ2) is 8.03. The number of halogens is 1. The minimum atomic E-state index is -0.675. The molecule has 21 heavy (non-hydrogen) atoms. The summed E-state index contributed by atoms with van der Waals surface area (Å²) < 4.78 is 0. The Kier molecular flexibility index (Phi) is 6.69. The lowest BCUT2D eigenvalue weighted by atomic mass is 10.0. The second-order valence-electron chi connectivity index (χ2n) is 5.76. The predicted octanol–water partition coefficient (Wildman–Crippen LogP) is 3.53. The molecule has 0 saturated carbocycles. The zero-order chi connectivity index (χ0) is 16.0. The zero-order valence-electron chi connectivity index (χ0n) is 13.0. The van der Waals surface area contributed by atoms with Gasteiger partial charge in [-0.1, -0.05) is 31.5 Å². The Balaban J connectivity index is 2.50. The summed E-state index contributed by atoms with van der Waals surface area (Å²) >= 11 is 5.98. The van der Waals surface area contributed by atoms with Crippen LogP contribution in [0.25, 0.3) is 0 Å². The lowest BCUT2D eigenvalue weighted by molar-refractivity contribution is -0.136. The lowest BCUT2D eigenvalue weighted by Crippen LogP contribution is -2.40. The second-order valence-corrected chi connectivity index (χ2v) is 6.17. The van der Waals surface area contributed by atoms with Crippen molar-refractivity contribution in [1.82, 2.24) is 5.32 Å². The maximum Gasteiger partial charge on any atom is 0.313 e. The van der Waals surface area contributed by atoms with E-state index in [9.17, 15) is 9.59 Å². The van der Waals surface area contributed by atoms with Crippen LogP contribution in [0, 0.1) is 12.8 Å². The molecule has 0 saturated heterocycles. The molecule has 0 bridgehead atoms. The van der Waals surface area contributed by atoms with E-state index in [0.29, 0.717) is 16.6 Å². The molecule has 0 aliphatic heterocycles. The van der Waals surface area contributed by atoms with Crippen molar-refractivity contribution in [2.45, 2.75) is 46.6 Å². The summed E-state index contributed by atoms with van der Waals surface area (Å²) in [6.45, 7) is 8.03. The Morgan fingerprint density at radius 2 is 1.81 bits per heavy atom. The van der Waals surface area contributed by atoms with Gasteiger partial charge in [-0.2, -0.15) is 0 Å². The topological polar surface area (TPSA) is 58.2 Å². The summed E-state index contributed by atoms with van der Waals surface area (Å²) in [6, 6.07) is 5.12. The maximum atomic E-state index is 11.8. The molecule has 1 aromatic carbocycles.